The molecule has 0 bridgehead atoms. The smallest absolute Gasteiger partial charge is 0.243 e. The molecule has 1 aliphatic carbocycles. The zero-order chi connectivity index (χ0) is 19.2. The first-order chi connectivity index (χ1) is 13.0. The first-order valence-corrected chi connectivity index (χ1v) is 10.0. The summed E-state index contributed by atoms with van der Waals surface area (Å²) in [6.45, 7) is 3.14. The fourth-order valence-electron chi connectivity index (χ4n) is 3.84. The minimum atomic E-state index is 0. The van der Waals surface area contributed by atoms with Gasteiger partial charge in [0.1, 0.15) is 12.3 Å². The predicted octanol–water partition coefficient (Wildman–Crippen LogP) is 3.33. The Morgan fingerprint density at radius 3 is 2.75 bits per heavy atom. The van der Waals surface area contributed by atoms with E-state index >= 15 is 0 Å². The maximum atomic E-state index is 12.0. The van der Waals surface area contributed by atoms with Crippen LogP contribution < -0.4 is 15.4 Å². The van der Waals surface area contributed by atoms with Crippen molar-refractivity contribution >= 4 is 35.8 Å². The van der Waals surface area contributed by atoms with Crippen LogP contribution in [-0.4, -0.2) is 50.1 Å². The molecule has 1 aliphatic heterocycles. The van der Waals surface area contributed by atoms with E-state index in [2.05, 4.69) is 28.6 Å². The van der Waals surface area contributed by atoms with Crippen LogP contribution in [0.3, 0.4) is 0 Å². The summed E-state index contributed by atoms with van der Waals surface area (Å²) in [4.78, 5) is 18.2. The molecule has 6 nitrogen and oxygen atoms in total. The second kappa shape index (κ2) is 10.9. The molecular formula is C21H33IN4O2. The molecular weight excluding hydrogens is 467 g/mol. The molecule has 3 rings (SSSR count). The number of carbonyl (C=O) groups excluding carboxylic acids is 1. The van der Waals surface area contributed by atoms with Crippen molar-refractivity contribution in [2.75, 3.05) is 27.2 Å². The van der Waals surface area contributed by atoms with E-state index in [4.69, 9.17) is 4.74 Å². The third-order valence-corrected chi connectivity index (χ3v) is 5.42. The van der Waals surface area contributed by atoms with Crippen molar-refractivity contribution in [3.63, 3.8) is 0 Å². The molecule has 0 saturated heterocycles. The van der Waals surface area contributed by atoms with Crippen molar-refractivity contribution in [2.45, 2.75) is 51.1 Å². The molecule has 2 N–H and O–H groups in total. The largest absolute Gasteiger partial charge is 0.493 e. The lowest BCUT2D eigenvalue weighted by molar-refractivity contribution is -0.127. The molecule has 3 unspecified atom stereocenters. The number of hydrogen-bond donors (Lipinski definition) is 2. The van der Waals surface area contributed by atoms with Gasteiger partial charge in [0.25, 0.3) is 0 Å². The SMILES string of the molecule is CC1CCCC(NC(=NCC(=O)N(C)C)NC2CCOc3ccccc32)C1.I. The number of likely N-dealkylation sites (N-methyl/N-ethyl adjacent to an activating group) is 1. The molecule has 2 aliphatic rings. The van der Waals surface area contributed by atoms with Crippen LogP contribution in [0.1, 0.15) is 50.6 Å². The van der Waals surface area contributed by atoms with Crippen molar-refractivity contribution in [1.29, 1.82) is 0 Å². The van der Waals surface area contributed by atoms with E-state index in [1.807, 2.05) is 18.2 Å². The van der Waals surface area contributed by atoms with E-state index in [0.717, 1.165) is 42.5 Å². The number of benzene rings is 1. The maximum Gasteiger partial charge on any atom is 0.243 e. The summed E-state index contributed by atoms with van der Waals surface area (Å²) in [6, 6.07) is 8.67. The Morgan fingerprint density at radius 1 is 1.21 bits per heavy atom. The van der Waals surface area contributed by atoms with Crippen molar-refractivity contribution < 1.29 is 9.53 Å². The second-order valence-corrected chi connectivity index (χ2v) is 7.94. The van der Waals surface area contributed by atoms with E-state index in [1.165, 1.54) is 12.8 Å². The van der Waals surface area contributed by atoms with E-state index < -0.39 is 0 Å². The third-order valence-electron chi connectivity index (χ3n) is 5.42. The number of halogens is 1. The number of fused-ring (bicyclic) bond motifs is 1. The lowest BCUT2D eigenvalue weighted by atomic mass is 9.87. The average molecular weight is 500 g/mol. The molecule has 0 spiro atoms. The van der Waals surface area contributed by atoms with Crippen LogP contribution in [0.5, 0.6) is 5.75 Å². The molecule has 0 aromatic heterocycles. The van der Waals surface area contributed by atoms with Gasteiger partial charge in [0, 0.05) is 32.1 Å². The summed E-state index contributed by atoms with van der Waals surface area (Å²) >= 11 is 0. The topological polar surface area (TPSA) is 66.0 Å². The Bertz CT molecular complexity index is 680. The summed E-state index contributed by atoms with van der Waals surface area (Å²) in [5.41, 5.74) is 1.15. The summed E-state index contributed by atoms with van der Waals surface area (Å²) in [7, 11) is 3.52. The minimum absolute atomic E-state index is 0. The Balaban J connectivity index is 0.00000280. The van der Waals surface area contributed by atoms with Crippen molar-refractivity contribution in [2.24, 2.45) is 10.9 Å². The van der Waals surface area contributed by atoms with Crippen molar-refractivity contribution in [3.8, 4) is 5.75 Å². The van der Waals surface area contributed by atoms with Gasteiger partial charge >= 0.3 is 0 Å². The summed E-state index contributed by atoms with van der Waals surface area (Å²) in [5, 5.41) is 7.14. The number of para-hydroxylation sites is 1. The predicted molar refractivity (Wildman–Crippen MR) is 123 cm³/mol. The zero-order valence-corrected chi connectivity index (χ0v) is 19.4. The molecule has 0 radical (unpaired) electrons. The molecule has 7 heteroatoms. The highest BCUT2D eigenvalue weighted by atomic mass is 127. The lowest BCUT2D eigenvalue weighted by Crippen LogP contribution is -2.47. The van der Waals surface area contributed by atoms with Gasteiger partial charge in [0.05, 0.1) is 12.6 Å². The van der Waals surface area contributed by atoms with Gasteiger partial charge in [0.15, 0.2) is 5.96 Å². The summed E-state index contributed by atoms with van der Waals surface area (Å²) in [5.74, 6) is 2.38. The summed E-state index contributed by atoms with van der Waals surface area (Å²) < 4.78 is 5.77. The van der Waals surface area contributed by atoms with Crippen LogP contribution in [-0.2, 0) is 4.79 Å². The van der Waals surface area contributed by atoms with Crippen LogP contribution in [0.15, 0.2) is 29.3 Å². The monoisotopic (exact) mass is 500 g/mol. The number of aliphatic imine (C=N–C) groups is 1. The summed E-state index contributed by atoms with van der Waals surface area (Å²) in [6.07, 6.45) is 5.71. The van der Waals surface area contributed by atoms with Gasteiger partial charge in [-0.05, 0) is 24.8 Å². The van der Waals surface area contributed by atoms with Crippen LogP contribution in [0.4, 0.5) is 0 Å². The number of ether oxygens (including phenoxy) is 1. The van der Waals surface area contributed by atoms with E-state index in [1.54, 1.807) is 19.0 Å². The van der Waals surface area contributed by atoms with Gasteiger partial charge in [-0.3, -0.25) is 4.79 Å². The first kappa shape index (κ1) is 22.8. The van der Waals surface area contributed by atoms with Gasteiger partial charge in [-0.15, -0.1) is 24.0 Å². The fourth-order valence-corrected chi connectivity index (χ4v) is 3.84. The number of rotatable bonds is 4. The Hall–Kier alpha value is -1.51. The first-order valence-electron chi connectivity index (χ1n) is 10.0. The Labute approximate surface area is 185 Å². The number of nitrogens with one attached hydrogen (secondary N) is 2. The fraction of sp³-hybridized carbons (Fsp3) is 0.619. The van der Waals surface area contributed by atoms with Gasteiger partial charge < -0.3 is 20.3 Å². The van der Waals surface area contributed by atoms with Crippen LogP contribution >= 0.6 is 24.0 Å². The van der Waals surface area contributed by atoms with Crippen molar-refractivity contribution in [1.82, 2.24) is 15.5 Å². The van der Waals surface area contributed by atoms with Crippen LogP contribution in [0.2, 0.25) is 0 Å². The molecule has 1 aromatic carbocycles. The maximum absolute atomic E-state index is 12.0. The quantitative estimate of drug-likeness (QED) is 0.378. The second-order valence-electron chi connectivity index (χ2n) is 7.94. The number of carbonyl (C=O) groups is 1. The standard InChI is InChI=1S/C21H32N4O2.HI/c1-15-7-6-8-16(13-15)23-21(22-14-20(26)25(2)3)24-18-11-12-27-19-10-5-4-9-17(18)19;/h4-5,9-10,15-16,18H,6-8,11-14H2,1-3H3,(H2,22,23,24);1H. The number of guanidine groups is 1. The number of nitrogens with zero attached hydrogens (tertiary/aromatic N) is 2. The molecule has 1 saturated carbocycles. The molecule has 156 valence electrons. The van der Waals surface area contributed by atoms with Gasteiger partial charge in [-0.1, -0.05) is 38.0 Å². The highest BCUT2D eigenvalue weighted by Gasteiger charge is 2.24. The Morgan fingerprint density at radius 2 is 2.00 bits per heavy atom. The minimum Gasteiger partial charge on any atom is -0.493 e. The number of amides is 1. The zero-order valence-electron chi connectivity index (χ0n) is 17.1. The van der Waals surface area contributed by atoms with E-state index in [-0.39, 0.29) is 42.5 Å². The molecule has 28 heavy (non-hydrogen) atoms. The lowest BCUT2D eigenvalue weighted by Gasteiger charge is -2.32. The van der Waals surface area contributed by atoms with Gasteiger partial charge in [-0.25, -0.2) is 4.99 Å². The van der Waals surface area contributed by atoms with Gasteiger partial charge in [0.2, 0.25) is 5.91 Å². The van der Waals surface area contributed by atoms with E-state index in [0.29, 0.717) is 12.6 Å². The highest BCUT2D eigenvalue weighted by molar-refractivity contribution is 14.0. The van der Waals surface area contributed by atoms with Crippen molar-refractivity contribution in [3.05, 3.63) is 29.8 Å². The molecule has 3 atom stereocenters. The molecule has 1 heterocycles. The average Bonchev–Trinajstić information content (AvgIpc) is 2.66. The normalized spacial score (nSPS) is 24.2. The molecule has 1 fully saturated rings. The van der Waals surface area contributed by atoms with Crippen LogP contribution in [0, 0.1) is 5.92 Å². The molecule has 1 amide bonds. The van der Waals surface area contributed by atoms with E-state index in [9.17, 15) is 4.79 Å². The van der Waals surface area contributed by atoms with Crippen LogP contribution in [0.25, 0.3) is 0 Å². The van der Waals surface area contributed by atoms with Gasteiger partial charge in [-0.2, -0.15) is 0 Å². The Kier molecular flexibility index (Phi) is 8.85. The highest BCUT2D eigenvalue weighted by Crippen LogP contribution is 2.31. The third kappa shape index (κ3) is 6.25. The molecule has 1 aromatic rings. The number of hydrogen-bond acceptors (Lipinski definition) is 3.